The summed E-state index contributed by atoms with van der Waals surface area (Å²) in [6.45, 7) is 1.83. The van der Waals surface area contributed by atoms with E-state index in [1.54, 1.807) is 0 Å². The Hall–Kier alpha value is -0.220. The summed E-state index contributed by atoms with van der Waals surface area (Å²) >= 11 is 3.91. The smallest absolute Gasteiger partial charge is 0.321 e. The third kappa shape index (κ3) is 1.59. The SMILES string of the molecule is O=C(O)[C@H](CS)N1CC1. The van der Waals surface area contributed by atoms with Crippen molar-refractivity contribution in [1.29, 1.82) is 0 Å². The maximum Gasteiger partial charge on any atom is 0.321 e. The molecule has 0 aromatic carbocycles. The number of aliphatic carboxylic acids is 1. The molecule has 0 aromatic heterocycles. The van der Waals surface area contributed by atoms with E-state index >= 15 is 0 Å². The first-order valence-electron chi connectivity index (χ1n) is 2.83. The van der Waals surface area contributed by atoms with Gasteiger partial charge in [-0.15, -0.1) is 0 Å². The summed E-state index contributed by atoms with van der Waals surface area (Å²) in [6, 6.07) is -0.353. The van der Waals surface area contributed by atoms with Crippen LogP contribution in [-0.4, -0.2) is 40.9 Å². The van der Waals surface area contributed by atoms with E-state index < -0.39 is 5.97 Å². The number of rotatable bonds is 3. The van der Waals surface area contributed by atoms with Crippen molar-refractivity contribution in [1.82, 2.24) is 4.90 Å². The van der Waals surface area contributed by atoms with Crippen molar-refractivity contribution in [3.63, 3.8) is 0 Å². The van der Waals surface area contributed by atoms with Crippen LogP contribution in [0.15, 0.2) is 0 Å². The first-order chi connectivity index (χ1) is 4.25. The Morgan fingerprint density at radius 1 is 1.78 bits per heavy atom. The molecule has 0 aromatic rings. The van der Waals surface area contributed by atoms with E-state index in [-0.39, 0.29) is 6.04 Å². The molecule has 1 saturated heterocycles. The Labute approximate surface area is 59.1 Å². The predicted molar refractivity (Wildman–Crippen MR) is 36.8 cm³/mol. The average Bonchev–Trinajstić information content (AvgIpc) is 2.50. The highest BCUT2D eigenvalue weighted by atomic mass is 32.1. The summed E-state index contributed by atoms with van der Waals surface area (Å²) in [5.41, 5.74) is 0. The second kappa shape index (κ2) is 2.58. The van der Waals surface area contributed by atoms with Gasteiger partial charge in [0.15, 0.2) is 0 Å². The van der Waals surface area contributed by atoms with Gasteiger partial charge in [0.2, 0.25) is 0 Å². The molecule has 52 valence electrons. The normalized spacial score (nSPS) is 21.4. The Kier molecular flexibility index (Phi) is 1.97. The fraction of sp³-hybridized carbons (Fsp3) is 0.800. The molecule has 0 radical (unpaired) electrons. The van der Waals surface area contributed by atoms with Crippen LogP contribution in [-0.2, 0) is 4.79 Å². The summed E-state index contributed by atoms with van der Waals surface area (Å²) in [5.74, 6) is -0.350. The van der Waals surface area contributed by atoms with Crippen LogP contribution >= 0.6 is 12.6 Å². The molecule has 1 N–H and O–H groups in total. The molecule has 1 aliphatic rings. The van der Waals surface area contributed by atoms with E-state index in [9.17, 15) is 4.79 Å². The minimum Gasteiger partial charge on any atom is -0.480 e. The highest BCUT2D eigenvalue weighted by Gasteiger charge is 2.31. The molecular weight excluding hydrogens is 138 g/mol. The first kappa shape index (κ1) is 6.89. The lowest BCUT2D eigenvalue weighted by molar-refractivity contribution is -0.140. The van der Waals surface area contributed by atoms with Crippen LogP contribution in [0.5, 0.6) is 0 Å². The molecule has 4 heteroatoms. The molecule has 1 rings (SSSR count). The van der Waals surface area contributed by atoms with E-state index in [1.807, 2.05) is 4.90 Å². The van der Waals surface area contributed by atoms with Gasteiger partial charge in [-0.2, -0.15) is 12.6 Å². The van der Waals surface area contributed by atoms with E-state index in [2.05, 4.69) is 12.6 Å². The zero-order chi connectivity index (χ0) is 6.85. The fourth-order valence-corrected chi connectivity index (χ4v) is 1.11. The minimum atomic E-state index is -0.762. The molecule has 1 aliphatic heterocycles. The van der Waals surface area contributed by atoms with Gasteiger partial charge >= 0.3 is 5.97 Å². The van der Waals surface area contributed by atoms with Gasteiger partial charge in [0.1, 0.15) is 6.04 Å². The van der Waals surface area contributed by atoms with Crippen molar-refractivity contribution in [2.24, 2.45) is 0 Å². The predicted octanol–water partition coefficient (Wildman–Crippen LogP) is -0.315. The highest BCUT2D eigenvalue weighted by molar-refractivity contribution is 7.80. The third-order valence-electron chi connectivity index (χ3n) is 1.38. The number of carboxylic acids is 1. The Balaban J connectivity index is 2.37. The maximum atomic E-state index is 10.3. The summed E-state index contributed by atoms with van der Waals surface area (Å²) in [5, 5.41) is 8.49. The maximum absolute atomic E-state index is 10.3. The number of carbonyl (C=O) groups is 1. The molecule has 1 fully saturated rings. The number of nitrogens with zero attached hydrogens (tertiary/aromatic N) is 1. The molecule has 0 bridgehead atoms. The second-order valence-corrected chi connectivity index (χ2v) is 2.44. The summed E-state index contributed by atoms with van der Waals surface area (Å²) < 4.78 is 0. The van der Waals surface area contributed by atoms with Crippen molar-refractivity contribution in [2.75, 3.05) is 18.8 Å². The van der Waals surface area contributed by atoms with Crippen molar-refractivity contribution in [2.45, 2.75) is 6.04 Å². The van der Waals surface area contributed by atoms with Crippen LogP contribution in [0.3, 0.4) is 0 Å². The Morgan fingerprint density at radius 2 is 2.33 bits per heavy atom. The van der Waals surface area contributed by atoms with Crippen molar-refractivity contribution >= 4 is 18.6 Å². The number of carboxylic acid groups (broad SMARTS) is 1. The van der Waals surface area contributed by atoms with Gasteiger partial charge in [0, 0.05) is 18.8 Å². The summed E-state index contributed by atoms with van der Waals surface area (Å²) in [6.07, 6.45) is 0. The van der Waals surface area contributed by atoms with Crippen LogP contribution in [0.25, 0.3) is 0 Å². The van der Waals surface area contributed by atoms with Crippen molar-refractivity contribution in [3.8, 4) is 0 Å². The lowest BCUT2D eigenvalue weighted by atomic mass is 10.3. The van der Waals surface area contributed by atoms with Crippen LogP contribution in [0.1, 0.15) is 0 Å². The van der Waals surface area contributed by atoms with Gasteiger partial charge in [0.05, 0.1) is 0 Å². The van der Waals surface area contributed by atoms with E-state index in [1.165, 1.54) is 0 Å². The third-order valence-corrected chi connectivity index (χ3v) is 1.73. The summed E-state index contributed by atoms with van der Waals surface area (Å²) in [7, 11) is 0. The van der Waals surface area contributed by atoms with Gasteiger partial charge in [-0.05, 0) is 0 Å². The lowest BCUT2D eigenvalue weighted by Gasteiger charge is -2.07. The molecular formula is C5H9NO2S. The molecule has 1 atom stereocenters. The van der Waals surface area contributed by atoms with Gasteiger partial charge in [-0.3, -0.25) is 9.69 Å². The number of hydrogen-bond acceptors (Lipinski definition) is 3. The fourth-order valence-electron chi connectivity index (χ4n) is 0.719. The molecule has 1 heterocycles. The van der Waals surface area contributed by atoms with E-state index in [0.29, 0.717) is 5.75 Å². The first-order valence-corrected chi connectivity index (χ1v) is 3.46. The monoisotopic (exact) mass is 147 g/mol. The molecule has 0 aliphatic carbocycles. The summed E-state index contributed by atoms with van der Waals surface area (Å²) in [4.78, 5) is 12.2. The van der Waals surface area contributed by atoms with Crippen LogP contribution in [0.4, 0.5) is 0 Å². The van der Waals surface area contributed by atoms with Crippen molar-refractivity contribution < 1.29 is 9.90 Å². The second-order valence-electron chi connectivity index (χ2n) is 2.07. The van der Waals surface area contributed by atoms with Crippen LogP contribution < -0.4 is 0 Å². The minimum absolute atomic E-state index is 0.353. The van der Waals surface area contributed by atoms with Crippen molar-refractivity contribution in [3.05, 3.63) is 0 Å². The van der Waals surface area contributed by atoms with E-state index in [4.69, 9.17) is 5.11 Å². The van der Waals surface area contributed by atoms with Gasteiger partial charge < -0.3 is 5.11 Å². The van der Waals surface area contributed by atoms with Crippen LogP contribution in [0, 0.1) is 0 Å². The Morgan fingerprint density at radius 3 is 2.44 bits per heavy atom. The van der Waals surface area contributed by atoms with Gasteiger partial charge in [0.25, 0.3) is 0 Å². The molecule has 0 unspecified atom stereocenters. The average molecular weight is 147 g/mol. The molecule has 0 saturated carbocycles. The number of hydrogen-bond donors (Lipinski definition) is 2. The molecule has 0 spiro atoms. The van der Waals surface area contributed by atoms with E-state index in [0.717, 1.165) is 13.1 Å². The standard InChI is InChI=1S/C5H9NO2S/c7-5(8)4(3-9)6-1-2-6/h4,9H,1-3H2,(H,7,8)/t4-/m0/s1. The topological polar surface area (TPSA) is 40.3 Å². The zero-order valence-corrected chi connectivity index (χ0v) is 5.84. The molecule has 0 amide bonds. The zero-order valence-electron chi connectivity index (χ0n) is 4.95. The van der Waals surface area contributed by atoms with Crippen LogP contribution in [0.2, 0.25) is 0 Å². The van der Waals surface area contributed by atoms with Gasteiger partial charge in [-0.1, -0.05) is 0 Å². The lowest BCUT2D eigenvalue weighted by Crippen LogP contribution is -2.30. The largest absolute Gasteiger partial charge is 0.480 e. The van der Waals surface area contributed by atoms with Gasteiger partial charge in [-0.25, -0.2) is 0 Å². The highest BCUT2D eigenvalue weighted by Crippen LogP contribution is 2.11. The Bertz CT molecular complexity index is 124. The molecule has 3 nitrogen and oxygen atoms in total. The molecule has 9 heavy (non-hydrogen) atoms. The quantitative estimate of drug-likeness (QED) is 0.425. The number of thiol groups is 1.